The van der Waals surface area contributed by atoms with Crippen LogP contribution < -0.4 is 10.6 Å². The van der Waals surface area contributed by atoms with E-state index in [2.05, 4.69) is 15.5 Å². The molecule has 2 amide bonds. The minimum absolute atomic E-state index is 0.0149. The van der Waals surface area contributed by atoms with Crippen molar-refractivity contribution >= 4 is 17.5 Å². The molecular weight excluding hydrogens is 350 g/mol. The summed E-state index contributed by atoms with van der Waals surface area (Å²) in [5.74, 6) is 0.212. The summed E-state index contributed by atoms with van der Waals surface area (Å²) in [6.45, 7) is 4.45. The van der Waals surface area contributed by atoms with Gasteiger partial charge in [-0.2, -0.15) is 0 Å². The highest BCUT2D eigenvalue weighted by Gasteiger charge is 2.25. The minimum atomic E-state index is 0.0149. The number of hydrogen-bond donors (Lipinski definition) is 2. The van der Waals surface area contributed by atoms with E-state index in [1.54, 1.807) is 0 Å². The van der Waals surface area contributed by atoms with Gasteiger partial charge in [0.1, 0.15) is 0 Å². The molecule has 1 saturated heterocycles. The lowest BCUT2D eigenvalue weighted by atomic mass is 9.95. The minimum Gasteiger partial charge on any atom is -0.350 e. The first-order valence-corrected chi connectivity index (χ1v) is 10.0. The smallest absolute Gasteiger partial charge is 0.227 e. The number of nitrogens with zero attached hydrogens (tertiary/aromatic N) is 1. The molecule has 1 heterocycles. The van der Waals surface area contributed by atoms with E-state index in [4.69, 9.17) is 0 Å². The molecule has 1 aliphatic rings. The Bertz CT molecular complexity index is 756. The molecule has 1 aliphatic heterocycles. The van der Waals surface area contributed by atoms with Crippen molar-refractivity contribution in [2.24, 2.45) is 5.92 Å². The Morgan fingerprint density at radius 2 is 1.61 bits per heavy atom. The van der Waals surface area contributed by atoms with Gasteiger partial charge in [-0.3, -0.25) is 9.59 Å². The summed E-state index contributed by atoms with van der Waals surface area (Å²) in [6.07, 6.45) is 2.15. The summed E-state index contributed by atoms with van der Waals surface area (Å²) >= 11 is 0. The van der Waals surface area contributed by atoms with Gasteiger partial charge in [-0.1, -0.05) is 48.5 Å². The first-order valence-electron chi connectivity index (χ1n) is 10.0. The number of likely N-dealkylation sites (tertiary alicyclic amines) is 1. The highest BCUT2D eigenvalue weighted by molar-refractivity contribution is 5.92. The number of para-hydroxylation sites is 1. The zero-order chi connectivity index (χ0) is 19.8. The highest BCUT2D eigenvalue weighted by Crippen LogP contribution is 2.20. The van der Waals surface area contributed by atoms with E-state index in [1.807, 2.05) is 67.6 Å². The summed E-state index contributed by atoms with van der Waals surface area (Å²) in [5, 5.41) is 6.05. The SMILES string of the molecule is CC(NC(=O)CCN1CCC(C(=O)Nc2ccccc2)CC1)c1ccccc1. The van der Waals surface area contributed by atoms with Gasteiger partial charge in [0.15, 0.2) is 0 Å². The predicted molar refractivity (Wildman–Crippen MR) is 112 cm³/mol. The fourth-order valence-corrected chi connectivity index (χ4v) is 3.58. The van der Waals surface area contributed by atoms with Crippen molar-refractivity contribution in [1.29, 1.82) is 0 Å². The molecular formula is C23H29N3O2. The number of anilines is 1. The third-order valence-corrected chi connectivity index (χ3v) is 5.33. The van der Waals surface area contributed by atoms with Crippen LogP contribution in [0.3, 0.4) is 0 Å². The van der Waals surface area contributed by atoms with Crippen molar-refractivity contribution < 1.29 is 9.59 Å². The molecule has 5 heteroatoms. The largest absolute Gasteiger partial charge is 0.350 e. The molecule has 2 N–H and O–H groups in total. The lowest BCUT2D eigenvalue weighted by Gasteiger charge is -2.31. The van der Waals surface area contributed by atoms with Crippen LogP contribution in [0.15, 0.2) is 60.7 Å². The van der Waals surface area contributed by atoms with Crippen LogP contribution >= 0.6 is 0 Å². The fourth-order valence-electron chi connectivity index (χ4n) is 3.58. The van der Waals surface area contributed by atoms with Gasteiger partial charge in [0.2, 0.25) is 11.8 Å². The maximum absolute atomic E-state index is 12.4. The zero-order valence-corrected chi connectivity index (χ0v) is 16.4. The van der Waals surface area contributed by atoms with E-state index < -0.39 is 0 Å². The molecule has 3 rings (SSSR count). The Morgan fingerprint density at radius 3 is 2.25 bits per heavy atom. The second kappa shape index (κ2) is 10.0. The predicted octanol–water partition coefficient (Wildman–Crippen LogP) is 3.60. The first-order chi connectivity index (χ1) is 13.6. The Morgan fingerprint density at radius 1 is 1.00 bits per heavy atom. The lowest BCUT2D eigenvalue weighted by molar-refractivity contribution is -0.123. The van der Waals surface area contributed by atoms with Crippen molar-refractivity contribution in [1.82, 2.24) is 10.2 Å². The standard InChI is InChI=1S/C23H29N3O2/c1-18(19-8-4-2-5-9-19)24-22(27)14-17-26-15-12-20(13-16-26)23(28)25-21-10-6-3-7-11-21/h2-11,18,20H,12-17H2,1H3,(H,24,27)(H,25,28). The number of amides is 2. The monoisotopic (exact) mass is 379 g/mol. The van der Waals surface area contributed by atoms with Gasteiger partial charge in [0.25, 0.3) is 0 Å². The number of benzene rings is 2. The average Bonchev–Trinajstić information content (AvgIpc) is 2.74. The van der Waals surface area contributed by atoms with Gasteiger partial charge in [-0.05, 0) is 50.6 Å². The third-order valence-electron chi connectivity index (χ3n) is 5.33. The third kappa shape index (κ3) is 5.92. The van der Waals surface area contributed by atoms with Crippen LogP contribution in [0.2, 0.25) is 0 Å². The fraction of sp³-hybridized carbons (Fsp3) is 0.391. The Hall–Kier alpha value is -2.66. The highest BCUT2D eigenvalue weighted by atomic mass is 16.2. The number of carbonyl (C=O) groups is 2. The van der Waals surface area contributed by atoms with Crippen molar-refractivity contribution in [2.75, 3.05) is 25.0 Å². The lowest BCUT2D eigenvalue weighted by Crippen LogP contribution is -2.40. The second-order valence-electron chi connectivity index (χ2n) is 7.42. The Balaban J connectivity index is 1.36. The van der Waals surface area contributed by atoms with Crippen LogP contribution in [0, 0.1) is 5.92 Å². The van der Waals surface area contributed by atoms with Crippen LogP contribution in [0.5, 0.6) is 0 Å². The van der Waals surface area contributed by atoms with Gasteiger partial charge >= 0.3 is 0 Å². The summed E-state index contributed by atoms with van der Waals surface area (Å²) in [7, 11) is 0. The molecule has 0 radical (unpaired) electrons. The average molecular weight is 380 g/mol. The molecule has 0 aliphatic carbocycles. The van der Waals surface area contributed by atoms with Crippen molar-refractivity contribution in [3.63, 3.8) is 0 Å². The molecule has 0 spiro atoms. The summed E-state index contributed by atoms with van der Waals surface area (Å²) in [6, 6.07) is 19.6. The topological polar surface area (TPSA) is 61.4 Å². The molecule has 2 aromatic carbocycles. The van der Waals surface area contributed by atoms with Crippen molar-refractivity contribution in [3.8, 4) is 0 Å². The first kappa shape index (κ1) is 20.1. The Labute approximate surface area is 167 Å². The molecule has 0 saturated carbocycles. The molecule has 1 unspecified atom stereocenters. The van der Waals surface area contributed by atoms with Crippen molar-refractivity contribution in [2.45, 2.75) is 32.2 Å². The van der Waals surface area contributed by atoms with Crippen LogP contribution in [0.25, 0.3) is 0 Å². The van der Waals surface area contributed by atoms with Gasteiger partial charge < -0.3 is 15.5 Å². The van der Waals surface area contributed by atoms with Crippen molar-refractivity contribution in [3.05, 3.63) is 66.2 Å². The Kier molecular flexibility index (Phi) is 7.20. The van der Waals surface area contributed by atoms with E-state index in [9.17, 15) is 9.59 Å². The quantitative estimate of drug-likeness (QED) is 0.773. The molecule has 28 heavy (non-hydrogen) atoms. The molecule has 5 nitrogen and oxygen atoms in total. The molecule has 0 bridgehead atoms. The number of nitrogens with one attached hydrogen (secondary N) is 2. The van der Waals surface area contributed by atoms with E-state index in [-0.39, 0.29) is 23.8 Å². The van der Waals surface area contributed by atoms with Gasteiger partial charge in [-0.15, -0.1) is 0 Å². The van der Waals surface area contributed by atoms with E-state index in [0.717, 1.165) is 43.7 Å². The van der Waals surface area contributed by atoms with Gasteiger partial charge in [0, 0.05) is 24.6 Å². The van der Waals surface area contributed by atoms with E-state index >= 15 is 0 Å². The van der Waals surface area contributed by atoms with Crippen LogP contribution in [0.1, 0.15) is 37.8 Å². The number of hydrogen-bond acceptors (Lipinski definition) is 3. The van der Waals surface area contributed by atoms with Crippen LogP contribution in [-0.4, -0.2) is 36.3 Å². The molecule has 1 fully saturated rings. The van der Waals surface area contributed by atoms with Gasteiger partial charge in [0.05, 0.1) is 6.04 Å². The molecule has 2 aromatic rings. The molecule has 148 valence electrons. The van der Waals surface area contributed by atoms with Gasteiger partial charge in [-0.25, -0.2) is 0 Å². The van der Waals surface area contributed by atoms with Crippen LogP contribution in [0.4, 0.5) is 5.69 Å². The normalized spacial score (nSPS) is 16.3. The van der Waals surface area contributed by atoms with E-state index in [1.165, 1.54) is 0 Å². The number of rotatable bonds is 7. The summed E-state index contributed by atoms with van der Waals surface area (Å²) in [4.78, 5) is 26.9. The molecule has 0 aromatic heterocycles. The number of carbonyl (C=O) groups excluding carboxylic acids is 2. The summed E-state index contributed by atoms with van der Waals surface area (Å²) in [5.41, 5.74) is 1.96. The maximum Gasteiger partial charge on any atom is 0.227 e. The van der Waals surface area contributed by atoms with E-state index in [0.29, 0.717) is 6.42 Å². The summed E-state index contributed by atoms with van der Waals surface area (Å²) < 4.78 is 0. The second-order valence-corrected chi connectivity index (χ2v) is 7.42. The zero-order valence-electron chi connectivity index (χ0n) is 16.4. The maximum atomic E-state index is 12.4. The number of piperidine rings is 1. The molecule has 1 atom stereocenters. The van der Waals surface area contributed by atoms with Crippen LogP contribution in [-0.2, 0) is 9.59 Å².